The van der Waals surface area contributed by atoms with Gasteiger partial charge >= 0.3 is 5.97 Å². The average molecular weight is 267 g/mol. The Morgan fingerprint density at radius 2 is 1.89 bits per heavy atom. The molecule has 0 radical (unpaired) electrons. The first-order chi connectivity index (χ1) is 8.86. The SMILES string of the molecule is CCN(C(=O)c1ccc(O)c(O)c1)C(C)CC(=O)O. The fourth-order valence-corrected chi connectivity index (χ4v) is 1.84. The number of rotatable bonds is 5. The Morgan fingerprint density at radius 3 is 2.37 bits per heavy atom. The van der Waals surface area contributed by atoms with E-state index in [1.54, 1.807) is 13.8 Å². The van der Waals surface area contributed by atoms with E-state index < -0.39 is 12.0 Å². The highest BCUT2D eigenvalue weighted by Gasteiger charge is 2.22. The molecule has 0 aliphatic heterocycles. The van der Waals surface area contributed by atoms with Crippen molar-refractivity contribution in [1.82, 2.24) is 4.90 Å². The number of nitrogens with zero attached hydrogens (tertiary/aromatic N) is 1. The molecule has 104 valence electrons. The van der Waals surface area contributed by atoms with Crippen LogP contribution in [-0.4, -0.2) is 44.7 Å². The largest absolute Gasteiger partial charge is 0.504 e. The molecule has 6 heteroatoms. The summed E-state index contributed by atoms with van der Waals surface area (Å²) in [5.74, 6) is -2.05. The number of amides is 1. The molecule has 0 aliphatic rings. The Labute approximate surface area is 110 Å². The lowest BCUT2D eigenvalue weighted by Gasteiger charge is -2.27. The molecule has 0 saturated carbocycles. The fourth-order valence-electron chi connectivity index (χ4n) is 1.84. The molecular weight excluding hydrogens is 250 g/mol. The van der Waals surface area contributed by atoms with Crippen molar-refractivity contribution in [3.63, 3.8) is 0 Å². The van der Waals surface area contributed by atoms with Crippen LogP contribution < -0.4 is 0 Å². The van der Waals surface area contributed by atoms with Gasteiger partial charge in [0.1, 0.15) is 0 Å². The van der Waals surface area contributed by atoms with Gasteiger partial charge in [0.25, 0.3) is 5.91 Å². The van der Waals surface area contributed by atoms with Crippen LogP contribution in [0.2, 0.25) is 0 Å². The van der Waals surface area contributed by atoms with Crippen LogP contribution in [0.1, 0.15) is 30.6 Å². The van der Waals surface area contributed by atoms with E-state index in [0.29, 0.717) is 6.54 Å². The molecule has 3 N–H and O–H groups in total. The summed E-state index contributed by atoms with van der Waals surface area (Å²) in [5, 5.41) is 27.3. The van der Waals surface area contributed by atoms with Crippen LogP contribution in [0.3, 0.4) is 0 Å². The van der Waals surface area contributed by atoms with Gasteiger partial charge in [-0.3, -0.25) is 9.59 Å². The Kier molecular flexibility index (Phi) is 4.74. The second kappa shape index (κ2) is 6.08. The zero-order valence-corrected chi connectivity index (χ0v) is 10.8. The summed E-state index contributed by atoms with van der Waals surface area (Å²) < 4.78 is 0. The maximum atomic E-state index is 12.2. The third-order valence-corrected chi connectivity index (χ3v) is 2.83. The number of benzene rings is 1. The lowest BCUT2D eigenvalue weighted by atomic mass is 10.1. The number of carboxylic acids is 1. The zero-order valence-electron chi connectivity index (χ0n) is 10.8. The molecule has 1 rings (SSSR count). The van der Waals surface area contributed by atoms with Gasteiger partial charge in [-0.1, -0.05) is 0 Å². The van der Waals surface area contributed by atoms with Crippen molar-refractivity contribution >= 4 is 11.9 Å². The van der Waals surface area contributed by atoms with Crippen molar-refractivity contribution in [1.29, 1.82) is 0 Å². The van der Waals surface area contributed by atoms with E-state index >= 15 is 0 Å². The number of carbonyl (C=O) groups excluding carboxylic acids is 1. The van der Waals surface area contributed by atoms with Gasteiger partial charge in [-0.25, -0.2) is 0 Å². The van der Waals surface area contributed by atoms with E-state index in [2.05, 4.69) is 0 Å². The molecule has 1 aromatic carbocycles. The highest BCUT2D eigenvalue weighted by molar-refractivity contribution is 5.95. The van der Waals surface area contributed by atoms with Crippen molar-refractivity contribution in [3.8, 4) is 11.5 Å². The van der Waals surface area contributed by atoms with E-state index in [1.807, 2.05) is 0 Å². The molecule has 0 spiro atoms. The number of carbonyl (C=O) groups is 2. The van der Waals surface area contributed by atoms with E-state index in [1.165, 1.54) is 17.0 Å². The Balaban J connectivity index is 2.94. The predicted octanol–water partition coefficient (Wildman–Crippen LogP) is 1.42. The average Bonchev–Trinajstić information content (AvgIpc) is 2.32. The van der Waals surface area contributed by atoms with Gasteiger partial charge in [-0.05, 0) is 32.0 Å². The zero-order chi connectivity index (χ0) is 14.6. The van der Waals surface area contributed by atoms with Crippen molar-refractivity contribution in [2.45, 2.75) is 26.3 Å². The van der Waals surface area contributed by atoms with E-state index in [-0.39, 0.29) is 29.4 Å². The summed E-state index contributed by atoms with van der Waals surface area (Å²) in [6.07, 6.45) is -0.149. The molecule has 0 aliphatic carbocycles. The highest BCUT2D eigenvalue weighted by Crippen LogP contribution is 2.25. The lowest BCUT2D eigenvalue weighted by Crippen LogP contribution is -2.39. The molecular formula is C13H17NO5. The topological polar surface area (TPSA) is 98.1 Å². The number of hydrogen-bond acceptors (Lipinski definition) is 4. The highest BCUT2D eigenvalue weighted by atomic mass is 16.4. The Bertz CT molecular complexity index is 486. The molecule has 1 amide bonds. The van der Waals surface area contributed by atoms with Gasteiger partial charge < -0.3 is 20.2 Å². The van der Waals surface area contributed by atoms with Gasteiger partial charge in [-0.15, -0.1) is 0 Å². The minimum Gasteiger partial charge on any atom is -0.504 e. The van der Waals surface area contributed by atoms with Gasteiger partial charge in [0, 0.05) is 18.2 Å². The number of hydrogen-bond donors (Lipinski definition) is 3. The van der Waals surface area contributed by atoms with Crippen LogP contribution in [-0.2, 0) is 4.79 Å². The minimum atomic E-state index is -0.979. The summed E-state index contributed by atoms with van der Waals surface area (Å²) in [5.41, 5.74) is 0.203. The van der Waals surface area contributed by atoms with Gasteiger partial charge in [-0.2, -0.15) is 0 Å². The standard InChI is InChI=1S/C13H17NO5/c1-3-14(8(2)6-12(17)18)13(19)9-4-5-10(15)11(16)7-9/h4-5,7-8,15-16H,3,6H2,1-2H3,(H,17,18). The molecule has 6 nitrogen and oxygen atoms in total. The summed E-state index contributed by atoms with van der Waals surface area (Å²) >= 11 is 0. The van der Waals surface area contributed by atoms with Gasteiger partial charge in [0.2, 0.25) is 0 Å². The summed E-state index contributed by atoms with van der Waals surface area (Å²) in [6, 6.07) is 3.31. The quantitative estimate of drug-likeness (QED) is 0.701. The summed E-state index contributed by atoms with van der Waals surface area (Å²) in [7, 11) is 0. The number of aromatic hydroxyl groups is 2. The molecule has 1 atom stereocenters. The van der Waals surface area contributed by atoms with Crippen LogP contribution in [0, 0.1) is 0 Å². The first kappa shape index (κ1) is 14.8. The van der Waals surface area contributed by atoms with E-state index in [4.69, 9.17) is 5.11 Å². The van der Waals surface area contributed by atoms with E-state index in [9.17, 15) is 19.8 Å². The van der Waals surface area contributed by atoms with Crippen LogP contribution in [0.4, 0.5) is 0 Å². The van der Waals surface area contributed by atoms with Crippen LogP contribution in [0.15, 0.2) is 18.2 Å². The number of phenols is 2. The van der Waals surface area contributed by atoms with Crippen molar-refractivity contribution in [2.24, 2.45) is 0 Å². The smallest absolute Gasteiger partial charge is 0.305 e. The van der Waals surface area contributed by atoms with Crippen LogP contribution in [0.5, 0.6) is 11.5 Å². The molecule has 1 unspecified atom stereocenters. The monoisotopic (exact) mass is 267 g/mol. The van der Waals surface area contributed by atoms with E-state index in [0.717, 1.165) is 6.07 Å². The lowest BCUT2D eigenvalue weighted by molar-refractivity contribution is -0.138. The molecule has 0 aromatic heterocycles. The van der Waals surface area contributed by atoms with Gasteiger partial charge in [0.15, 0.2) is 11.5 Å². The third-order valence-electron chi connectivity index (χ3n) is 2.83. The molecule has 0 fully saturated rings. The molecule has 0 saturated heterocycles. The number of carboxylic acid groups (broad SMARTS) is 1. The second-order valence-corrected chi connectivity index (χ2v) is 4.24. The predicted molar refractivity (Wildman–Crippen MR) is 68.2 cm³/mol. The minimum absolute atomic E-state index is 0.149. The maximum absolute atomic E-state index is 12.2. The normalized spacial score (nSPS) is 11.9. The summed E-state index contributed by atoms with van der Waals surface area (Å²) in [6.45, 7) is 3.75. The van der Waals surface area contributed by atoms with Crippen LogP contribution in [0.25, 0.3) is 0 Å². The number of aliphatic carboxylic acids is 1. The summed E-state index contributed by atoms with van der Waals surface area (Å²) in [4.78, 5) is 24.3. The maximum Gasteiger partial charge on any atom is 0.305 e. The van der Waals surface area contributed by atoms with Crippen molar-refractivity contribution < 1.29 is 24.9 Å². The first-order valence-corrected chi connectivity index (χ1v) is 5.91. The Morgan fingerprint density at radius 1 is 1.26 bits per heavy atom. The first-order valence-electron chi connectivity index (χ1n) is 5.91. The molecule has 0 heterocycles. The van der Waals surface area contributed by atoms with Crippen molar-refractivity contribution in [2.75, 3.05) is 6.54 Å². The fraction of sp³-hybridized carbons (Fsp3) is 0.385. The third kappa shape index (κ3) is 3.61. The van der Waals surface area contributed by atoms with Crippen LogP contribution >= 0.6 is 0 Å². The molecule has 0 bridgehead atoms. The van der Waals surface area contributed by atoms with Gasteiger partial charge in [0.05, 0.1) is 6.42 Å². The Hall–Kier alpha value is -2.24. The second-order valence-electron chi connectivity index (χ2n) is 4.24. The number of phenolic OH excluding ortho intramolecular Hbond substituents is 2. The molecule has 19 heavy (non-hydrogen) atoms. The molecule has 1 aromatic rings. The van der Waals surface area contributed by atoms with Crippen molar-refractivity contribution in [3.05, 3.63) is 23.8 Å².